The van der Waals surface area contributed by atoms with Crippen molar-refractivity contribution in [2.75, 3.05) is 13.2 Å². The lowest BCUT2D eigenvalue weighted by Crippen LogP contribution is -2.20. The van der Waals surface area contributed by atoms with Crippen LogP contribution in [0.3, 0.4) is 0 Å². The molecule has 2 aromatic carbocycles. The number of benzene rings is 2. The molecule has 0 bridgehead atoms. The summed E-state index contributed by atoms with van der Waals surface area (Å²) >= 11 is 0. The predicted molar refractivity (Wildman–Crippen MR) is 78.2 cm³/mol. The molecule has 4 nitrogen and oxygen atoms in total. The zero-order valence-corrected chi connectivity index (χ0v) is 11.5. The smallest absolute Gasteiger partial charge is 0.123 e. The Labute approximate surface area is 118 Å². The average Bonchev–Trinajstić information content (AvgIpc) is 2.41. The minimum atomic E-state index is 0.0639. The maximum Gasteiger partial charge on any atom is 0.123 e. The molecule has 3 N–H and O–H groups in total. The van der Waals surface area contributed by atoms with Crippen molar-refractivity contribution in [1.29, 1.82) is 0 Å². The first kappa shape index (κ1) is 14.2. The summed E-state index contributed by atoms with van der Waals surface area (Å²) in [5, 5.41) is 22.0. The van der Waals surface area contributed by atoms with Gasteiger partial charge < -0.3 is 20.3 Å². The molecule has 0 spiro atoms. The maximum absolute atomic E-state index is 9.63. The fourth-order valence-corrected chi connectivity index (χ4v) is 1.87. The number of hydrogen-bond donors (Lipinski definition) is 3. The molecule has 0 atom stereocenters. The van der Waals surface area contributed by atoms with E-state index in [9.17, 15) is 10.2 Å². The zero-order valence-electron chi connectivity index (χ0n) is 11.5. The number of aryl methyl sites for hydroxylation is 1. The van der Waals surface area contributed by atoms with Gasteiger partial charge >= 0.3 is 0 Å². The molecule has 0 radical (unpaired) electrons. The van der Waals surface area contributed by atoms with Gasteiger partial charge in [-0.1, -0.05) is 18.2 Å². The van der Waals surface area contributed by atoms with Crippen LogP contribution in [0.25, 0.3) is 0 Å². The van der Waals surface area contributed by atoms with Gasteiger partial charge in [-0.05, 0) is 30.7 Å². The second-order valence-corrected chi connectivity index (χ2v) is 4.65. The Morgan fingerprint density at radius 3 is 2.70 bits per heavy atom. The van der Waals surface area contributed by atoms with Crippen molar-refractivity contribution < 1.29 is 14.9 Å². The van der Waals surface area contributed by atoms with Crippen LogP contribution in [-0.4, -0.2) is 23.4 Å². The molecule has 0 aliphatic heterocycles. The molecule has 4 heteroatoms. The molecular formula is C16H19NO3. The summed E-state index contributed by atoms with van der Waals surface area (Å²) < 4.78 is 5.61. The van der Waals surface area contributed by atoms with Crippen LogP contribution < -0.4 is 10.1 Å². The third kappa shape index (κ3) is 4.17. The third-order valence-corrected chi connectivity index (χ3v) is 2.92. The van der Waals surface area contributed by atoms with Gasteiger partial charge in [0.2, 0.25) is 0 Å². The first-order valence-corrected chi connectivity index (χ1v) is 6.56. The topological polar surface area (TPSA) is 61.7 Å². The highest BCUT2D eigenvalue weighted by Crippen LogP contribution is 2.22. The normalized spacial score (nSPS) is 10.4. The molecule has 0 unspecified atom stereocenters. The fourth-order valence-electron chi connectivity index (χ4n) is 1.87. The van der Waals surface area contributed by atoms with E-state index >= 15 is 0 Å². The summed E-state index contributed by atoms with van der Waals surface area (Å²) in [6.45, 7) is 3.79. The Morgan fingerprint density at radius 1 is 1.10 bits per heavy atom. The first-order chi connectivity index (χ1) is 9.65. The molecule has 2 aromatic rings. The van der Waals surface area contributed by atoms with Gasteiger partial charge in [-0.3, -0.25) is 0 Å². The lowest BCUT2D eigenvalue weighted by molar-refractivity contribution is 0.313. The highest BCUT2D eigenvalue weighted by Gasteiger charge is 2.01. The molecule has 20 heavy (non-hydrogen) atoms. The number of aromatic hydroxyl groups is 2. The number of phenolic OH excluding ortho intramolecular Hbond substituents is 2. The largest absolute Gasteiger partial charge is 0.508 e. The van der Waals surface area contributed by atoms with E-state index in [1.165, 1.54) is 11.6 Å². The number of hydrogen-bond acceptors (Lipinski definition) is 4. The Balaban J connectivity index is 1.71. The lowest BCUT2D eigenvalue weighted by Gasteiger charge is -2.09. The van der Waals surface area contributed by atoms with Crippen LogP contribution in [0.1, 0.15) is 11.1 Å². The van der Waals surface area contributed by atoms with Crippen molar-refractivity contribution in [3.8, 4) is 17.2 Å². The van der Waals surface area contributed by atoms with Gasteiger partial charge in [0.15, 0.2) is 0 Å². The van der Waals surface area contributed by atoms with E-state index in [0.717, 1.165) is 11.3 Å². The van der Waals surface area contributed by atoms with Gasteiger partial charge in [0.05, 0.1) is 0 Å². The summed E-state index contributed by atoms with van der Waals surface area (Å²) in [5.74, 6) is 1.02. The van der Waals surface area contributed by atoms with Crippen molar-refractivity contribution in [1.82, 2.24) is 5.32 Å². The Hall–Kier alpha value is -2.20. The minimum Gasteiger partial charge on any atom is -0.508 e. The molecule has 0 saturated heterocycles. The summed E-state index contributed by atoms with van der Waals surface area (Å²) in [6, 6.07) is 12.5. The molecule has 2 rings (SSSR count). The van der Waals surface area contributed by atoms with Crippen LogP contribution in [0.4, 0.5) is 0 Å². The van der Waals surface area contributed by atoms with E-state index in [1.807, 2.05) is 31.2 Å². The average molecular weight is 273 g/mol. The van der Waals surface area contributed by atoms with Crippen LogP contribution in [0.15, 0.2) is 42.5 Å². The molecule has 0 aliphatic carbocycles. The maximum atomic E-state index is 9.63. The minimum absolute atomic E-state index is 0.0639. The van der Waals surface area contributed by atoms with E-state index in [1.54, 1.807) is 12.1 Å². The summed E-state index contributed by atoms with van der Waals surface area (Å²) in [7, 11) is 0. The van der Waals surface area contributed by atoms with Crippen molar-refractivity contribution in [3.05, 3.63) is 53.6 Å². The van der Waals surface area contributed by atoms with Crippen LogP contribution in [0, 0.1) is 6.92 Å². The molecule has 0 saturated carbocycles. The number of phenols is 2. The van der Waals surface area contributed by atoms with Crippen LogP contribution in [0.2, 0.25) is 0 Å². The molecule has 0 heterocycles. The molecule has 0 aliphatic rings. The predicted octanol–water partition coefficient (Wildman–Crippen LogP) is 2.57. The van der Waals surface area contributed by atoms with Crippen molar-refractivity contribution >= 4 is 0 Å². The van der Waals surface area contributed by atoms with Gasteiger partial charge in [-0.15, -0.1) is 0 Å². The third-order valence-electron chi connectivity index (χ3n) is 2.92. The molecular weight excluding hydrogens is 254 g/mol. The first-order valence-electron chi connectivity index (χ1n) is 6.56. The number of ether oxygens (including phenoxy) is 1. The van der Waals surface area contributed by atoms with Crippen LogP contribution in [0.5, 0.6) is 17.2 Å². The van der Waals surface area contributed by atoms with Gasteiger partial charge in [-0.2, -0.15) is 0 Å². The SMILES string of the molecule is Cc1cccc(OCCNCc2ccc(O)cc2O)c1. The van der Waals surface area contributed by atoms with E-state index in [-0.39, 0.29) is 11.5 Å². The highest BCUT2D eigenvalue weighted by molar-refractivity contribution is 5.38. The monoisotopic (exact) mass is 273 g/mol. The second-order valence-electron chi connectivity index (χ2n) is 4.65. The van der Waals surface area contributed by atoms with Gasteiger partial charge in [0.1, 0.15) is 23.9 Å². The van der Waals surface area contributed by atoms with Crippen molar-refractivity contribution in [3.63, 3.8) is 0 Å². The molecule has 0 amide bonds. The quantitative estimate of drug-likeness (QED) is 0.708. The Kier molecular flexibility index (Phi) is 4.85. The van der Waals surface area contributed by atoms with Gasteiger partial charge in [-0.25, -0.2) is 0 Å². The highest BCUT2D eigenvalue weighted by atomic mass is 16.5. The van der Waals surface area contributed by atoms with Crippen LogP contribution >= 0.6 is 0 Å². The van der Waals surface area contributed by atoms with Crippen molar-refractivity contribution in [2.24, 2.45) is 0 Å². The lowest BCUT2D eigenvalue weighted by atomic mass is 10.2. The molecule has 0 fully saturated rings. The molecule has 0 aromatic heterocycles. The summed E-state index contributed by atoms with van der Waals surface area (Å²) in [4.78, 5) is 0. The van der Waals surface area contributed by atoms with Crippen molar-refractivity contribution in [2.45, 2.75) is 13.5 Å². The number of nitrogens with one attached hydrogen (secondary N) is 1. The Morgan fingerprint density at radius 2 is 1.95 bits per heavy atom. The fraction of sp³-hybridized carbons (Fsp3) is 0.250. The zero-order chi connectivity index (χ0) is 14.4. The van der Waals surface area contributed by atoms with Gasteiger partial charge in [0, 0.05) is 24.7 Å². The van der Waals surface area contributed by atoms with E-state index in [2.05, 4.69) is 5.32 Å². The van der Waals surface area contributed by atoms with E-state index in [4.69, 9.17) is 4.74 Å². The van der Waals surface area contributed by atoms with E-state index < -0.39 is 0 Å². The summed E-state index contributed by atoms with van der Waals surface area (Å²) in [5.41, 5.74) is 1.92. The van der Waals surface area contributed by atoms with Crippen LogP contribution in [-0.2, 0) is 6.54 Å². The standard InChI is InChI=1S/C16H19NO3/c1-12-3-2-4-15(9-12)20-8-7-17-11-13-5-6-14(18)10-16(13)19/h2-6,9-10,17-19H,7-8,11H2,1H3. The summed E-state index contributed by atoms with van der Waals surface area (Å²) in [6.07, 6.45) is 0. The Bertz CT molecular complexity index is 569. The van der Waals surface area contributed by atoms with Gasteiger partial charge in [0.25, 0.3) is 0 Å². The second kappa shape index (κ2) is 6.82. The van der Waals surface area contributed by atoms with E-state index in [0.29, 0.717) is 19.7 Å². The number of rotatable bonds is 6. The molecule has 106 valence electrons.